The number of carbonyl (C=O) groups is 2. The van der Waals surface area contributed by atoms with Crippen LogP contribution in [0, 0.1) is 0 Å². The number of ether oxygens (including phenoxy) is 1. The number of hydrogen-bond donors (Lipinski definition) is 1. The molecule has 0 aliphatic rings. The molecule has 0 saturated carbocycles. The molecule has 1 amide bonds. The summed E-state index contributed by atoms with van der Waals surface area (Å²) in [5, 5.41) is 10.8. The van der Waals surface area contributed by atoms with Gasteiger partial charge in [0.15, 0.2) is 11.2 Å². The number of amides is 1. The molecule has 0 unspecified atom stereocenters. The standard InChI is InChI=1S/C11H14N6O3S/c1-3-20-8(19)4-12-7(18)5-21-11-9-10(13-6-14-11)17(2)16-15-9/h6H,3-5H2,1-2H3,(H,12,18). The quantitative estimate of drug-likeness (QED) is 0.433. The number of thioether (sulfide) groups is 1. The molecule has 0 spiro atoms. The van der Waals surface area contributed by atoms with Crippen molar-refractivity contribution < 1.29 is 14.3 Å². The Labute approximate surface area is 124 Å². The second-order valence-corrected chi connectivity index (χ2v) is 4.90. The van der Waals surface area contributed by atoms with Gasteiger partial charge in [-0.25, -0.2) is 14.6 Å². The van der Waals surface area contributed by atoms with E-state index >= 15 is 0 Å². The number of nitrogens with one attached hydrogen (secondary N) is 1. The summed E-state index contributed by atoms with van der Waals surface area (Å²) in [6.45, 7) is 1.85. The monoisotopic (exact) mass is 310 g/mol. The zero-order valence-corrected chi connectivity index (χ0v) is 12.4. The number of aromatic nitrogens is 5. The minimum absolute atomic E-state index is 0.113. The third-order valence-electron chi connectivity index (χ3n) is 2.43. The number of hydrogen-bond acceptors (Lipinski definition) is 8. The molecule has 10 heteroatoms. The Morgan fingerprint density at radius 2 is 2.24 bits per heavy atom. The minimum atomic E-state index is -0.464. The summed E-state index contributed by atoms with van der Waals surface area (Å²) in [4.78, 5) is 30.9. The molecule has 0 saturated heterocycles. The van der Waals surface area contributed by atoms with Gasteiger partial charge in [-0.15, -0.1) is 5.10 Å². The molecular weight excluding hydrogens is 296 g/mol. The van der Waals surface area contributed by atoms with Crippen molar-refractivity contribution in [3.05, 3.63) is 6.33 Å². The summed E-state index contributed by atoms with van der Waals surface area (Å²) in [5.74, 6) is -0.639. The van der Waals surface area contributed by atoms with Crippen molar-refractivity contribution in [1.29, 1.82) is 0 Å². The number of esters is 1. The van der Waals surface area contributed by atoms with Gasteiger partial charge in [0.05, 0.1) is 12.4 Å². The van der Waals surface area contributed by atoms with Gasteiger partial charge in [-0.1, -0.05) is 17.0 Å². The van der Waals surface area contributed by atoms with Crippen molar-refractivity contribution in [3.8, 4) is 0 Å². The molecule has 0 radical (unpaired) electrons. The number of aryl methyl sites for hydroxylation is 1. The highest BCUT2D eigenvalue weighted by molar-refractivity contribution is 8.00. The van der Waals surface area contributed by atoms with Gasteiger partial charge in [0.25, 0.3) is 0 Å². The van der Waals surface area contributed by atoms with Crippen molar-refractivity contribution in [2.75, 3.05) is 18.9 Å². The van der Waals surface area contributed by atoms with Gasteiger partial charge in [0.1, 0.15) is 17.9 Å². The Kier molecular flexibility index (Phi) is 5.04. The second kappa shape index (κ2) is 6.97. The molecule has 0 bridgehead atoms. The fourth-order valence-electron chi connectivity index (χ4n) is 1.51. The van der Waals surface area contributed by atoms with E-state index in [4.69, 9.17) is 4.74 Å². The fourth-order valence-corrected chi connectivity index (χ4v) is 2.27. The molecule has 0 aliphatic carbocycles. The van der Waals surface area contributed by atoms with Crippen LogP contribution in [0.4, 0.5) is 0 Å². The first-order chi connectivity index (χ1) is 10.1. The van der Waals surface area contributed by atoms with Crippen LogP contribution >= 0.6 is 11.8 Å². The first-order valence-corrected chi connectivity index (χ1v) is 7.16. The van der Waals surface area contributed by atoms with E-state index in [1.54, 1.807) is 14.0 Å². The zero-order chi connectivity index (χ0) is 15.2. The maximum absolute atomic E-state index is 11.6. The van der Waals surface area contributed by atoms with Gasteiger partial charge in [-0.3, -0.25) is 9.59 Å². The van der Waals surface area contributed by atoms with Crippen LogP contribution in [-0.2, 0) is 21.4 Å². The van der Waals surface area contributed by atoms with Gasteiger partial charge < -0.3 is 10.1 Å². The molecule has 2 rings (SSSR count). The van der Waals surface area contributed by atoms with Crippen LogP contribution in [0.15, 0.2) is 11.4 Å². The Morgan fingerprint density at radius 1 is 1.43 bits per heavy atom. The van der Waals surface area contributed by atoms with Crippen molar-refractivity contribution in [2.24, 2.45) is 7.05 Å². The molecular formula is C11H14N6O3S. The van der Waals surface area contributed by atoms with Gasteiger partial charge >= 0.3 is 5.97 Å². The lowest BCUT2D eigenvalue weighted by Crippen LogP contribution is -2.31. The van der Waals surface area contributed by atoms with E-state index < -0.39 is 5.97 Å². The number of fused-ring (bicyclic) bond motifs is 1. The zero-order valence-electron chi connectivity index (χ0n) is 11.6. The van der Waals surface area contributed by atoms with E-state index in [0.29, 0.717) is 16.2 Å². The Balaban J connectivity index is 1.90. The fraction of sp³-hybridized carbons (Fsp3) is 0.455. The Hall–Kier alpha value is -2.23. The third kappa shape index (κ3) is 3.88. The van der Waals surface area contributed by atoms with E-state index in [0.717, 1.165) is 0 Å². The molecule has 2 aromatic heterocycles. The minimum Gasteiger partial charge on any atom is -0.465 e. The lowest BCUT2D eigenvalue weighted by atomic mass is 10.5. The first kappa shape index (κ1) is 15.2. The average Bonchev–Trinajstić information content (AvgIpc) is 2.85. The smallest absolute Gasteiger partial charge is 0.325 e. The van der Waals surface area contributed by atoms with Gasteiger partial charge in [-0.05, 0) is 6.92 Å². The molecule has 0 aliphatic heterocycles. The van der Waals surface area contributed by atoms with Crippen LogP contribution in [-0.4, -0.2) is 55.7 Å². The van der Waals surface area contributed by atoms with Gasteiger partial charge in [0.2, 0.25) is 5.91 Å². The molecule has 1 N–H and O–H groups in total. The van der Waals surface area contributed by atoms with Crippen LogP contribution < -0.4 is 5.32 Å². The highest BCUT2D eigenvalue weighted by Gasteiger charge is 2.12. The molecule has 0 fully saturated rings. The molecule has 9 nitrogen and oxygen atoms in total. The highest BCUT2D eigenvalue weighted by Crippen LogP contribution is 2.21. The van der Waals surface area contributed by atoms with Crippen LogP contribution in [0.25, 0.3) is 11.2 Å². The van der Waals surface area contributed by atoms with Crippen LogP contribution in [0.2, 0.25) is 0 Å². The first-order valence-electron chi connectivity index (χ1n) is 6.17. The van der Waals surface area contributed by atoms with E-state index in [-0.39, 0.29) is 24.8 Å². The largest absolute Gasteiger partial charge is 0.465 e. The summed E-state index contributed by atoms with van der Waals surface area (Å²) in [6.07, 6.45) is 1.39. The number of nitrogens with zero attached hydrogens (tertiary/aromatic N) is 5. The molecule has 2 aromatic rings. The van der Waals surface area contributed by atoms with Crippen LogP contribution in [0.1, 0.15) is 6.92 Å². The van der Waals surface area contributed by atoms with Crippen molar-refractivity contribution in [3.63, 3.8) is 0 Å². The predicted molar refractivity (Wildman–Crippen MR) is 74.5 cm³/mol. The lowest BCUT2D eigenvalue weighted by molar-refractivity contribution is -0.143. The maximum atomic E-state index is 11.6. The van der Waals surface area contributed by atoms with E-state index in [9.17, 15) is 9.59 Å². The van der Waals surface area contributed by atoms with Gasteiger partial charge in [-0.2, -0.15) is 0 Å². The molecule has 0 aromatic carbocycles. The maximum Gasteiger partial charge on any atom is 0.325 e. The third-order valence-corrected chi connectivity index (χ3v) is 3.41. The van der Waals surface area contributed by atoms with Crippen molar-refractivity contribution >= 4 is 34.8 Å². The van der Waals surface area contributed by atoms with E-state index in [1.165, 1.54) is 22.8 Å². The second-order valence-electron chi connectivity index (χ2n) is 3.93. The molecule has 112 valence electrons. The Bertz CT molecular complexity index is 658. The Morgan fingerprint density at radius 3 is 3.00 bits per heavy atom. The highest BCUT2D eigenvalue weighted by atomic mass is 32.2. The number of rotatable bonds is 6. The summed E-state index contributed by atoms with van der Waals surface area (Å²) >= 11 is 1.21. The predicted octanol–water partition coefficient (Wildman–Crippen LogP) is -0.470. The van der Waals surface area contributed by atoms with Crippen LogP contribution in [0.5, 0.6) is 0 Å². The van der Waals surface area contributed by atoms with Crippen molar-refractivity contribution in [2.45, 2.75) is 11.9 Å². The van der Waals surface area contributed by atoms with Crippen molar-refractivity contribution in [1.82, 2.24) is 30.3 Å². The summed E-state index contributed by atoms with van der Waals surface area (Å²) in [6, 6.07) is 0. The summed E-state index contributed by atoms with van der Waals surface area (Å²) < 4.78 is 6.24. The summed E-state index contributed by atoms with van der Waals surface area (Å²) in [5.41, 5.74) is 1.14. The molecule has 0 atom stereocenters. The van der Waals surface area contributed by atoms with Crippen LogP contribution in [0.3, 0.4) is 0 Å². The average molecular weight is 310 g/mol. The number of carbonyl (C=O) groups excluding carboxylic acids is 2. The van der Waals surface area contributed by atoms with E-state index in [1.807, 2.05) is 0 Å². The normalized spacial score (nSPS) is 10.6. The molecule has 21 heavy (non-hydrogen) atoms. The van der Waals surface area contributed by atoms with E-state index in [2.05, 4.69) is 25.6 Å². The lowest BCUT2D eigenvalue weighted by Gasteiger charge is -2.04. The summed E-state index contributed by atoms with van der Waals surface area (Å²) in [7, 11) is 1.73. The SMILES string of the molecule is CCOC(=O)CNC(=O)CSc1ncnc2c1nnn2C. The molecule has 2 heterocycles. The topological polar surface area (TPSA) is 112 Å². The van der Waals surface area contributed by atoms with Gasteiger partial charge in [0, 0.05) is 7.05 Å².